The van der Waals surface area contributed by atoms with Gasteiger partial charge in [0, 0.05) is 18.9 Å². The van der Waals surface area contributed by atoms with E-state index in [2.05, 4.69) is 30.2 Å². The SMILES string of the molecule is Clc1nc(NCc2ccncc2)c2nc(OC3CCC3)[nH]c2n1. The van der Waals surface area contributed by atoms with E-state index in [1.165, 1.54) is 6.42 Å². The Kier molecular flexibility index (Phi) is 3.70. The van der Waals surface area contributed by atoms with E-state index in [0.29, 0.717) is 29.5 Å². The Hall–Kier alpha value is -2.41. The van der Waals surface area contributed by atoms with Crippen LogP contribution in [0.25, 0.3) is 11.2 Å². The number of nitrogens with one attached hydrogen (secondary N) is 2. The minimum Gasteiger partial charge on any atom is -0.461 e. The number of nitrogens with zero attached hydrogens (tertiary/aromatic N) is 4. The van der Waals surface area contributed by atoms with Crippen LogP contribution in [-0.4, -0.2) is 31.0 Å². The molecule has 1 saturated carbocycles. The lowest BCUT2D eigenvalue weighted by atomic mass is 9.96. The molecule has 3 aromatic rings. The first-order chi connectivity index (χ1) is 11.3. The van der Waals surface area contributed by atoms with Crippen molar-refractivity contribution in [3.8, 4) is 6.01 Å². The van der Waals surface area contributed by atoms with E-state index in [1.807, 2.05) is 12.1 Å². The van der Waals surface area contributed by atoms with Crippen molar-refractivity contribution in [2.75, 3.05) is 5.32 Å². The number of hydrogen-bond acceptors (Lipinski definition) is 6. The molecule has 3 aromatic heterocycles. The predicted octanol–water partition coefficient (Wildman–Crippen LogP) is 2.94. The summed E-state index contributed by atoms with van der Waals surface area (Å²) in [6, 6.07) is 4.33. The Labute approximate surface area is 137 Å². The predicted molar refractivity (Wildman–Crippen MR) is 86.5 cm³/mol. The molecule has 3 heterocycles. The van der Waals surface area contributed by atoms with Crippen LogP contribution in [0.1, 0.15) is 24.8 Å². The number of halogens is 1. The summed E-state index contributed by atoms with van der Waals surface area (Å²) in [6.45, 7) is 0.594. The standard InChI is InChI=1S/C15H15ClN6O/c16-14-20-12(18-8-9-4-6-17-7-5-9)11-13(21-14)22-15(19-11)23-10-2-1-3-10/h4-7,10H,1-3,8H2,(H2,18,19,20,21,22). The lowest BCUT2D eigenvalue weighted by Crippen LogP contribution is -2.24. The summed E-state index contributed by atoms with van der Waals surface area (Å²) >= 11 is 6.00. The molecule has 1 fully saturated rings. The van der Waals surface area contributed by atoms with Gasteiger partial charge in [-0.15, -0.1) is 0 Å². The van der Waals surface area contributed by atoms with Gasteiger partial charge in [-0.2, -0.15) is 15.0 Å². The number of aromatic amines is 1. The maximum absolute atomic E-state index is 6.00. The molecule has 1 aliphatic rings. The number of anilines is 1. The highest BCUT2D eigenvalue weighted by atomic mass is 35.5. The minimum atomic E-state index is 0.161. The third-order valence-electron chi connectivity index (χ3n) is 3.84. The van der Waals surface area contributed by atoms with Crippen LogP contribution in [0.15, 0.2) is 24.5 Å². The molecule has 0 aliphatic heterocycles. The van der Waals surface area contributed by atoms with Gasteiger partial charge in [-0.1, -0.05) is 0 Å². The van der Waals surface area contributed by atoms with Crippen molar-refractivity contribution in [1.29, 1.82) is 0 Å². The van der Waals surface area contributed by atoms with Gasteiger partial charge < -0.3 is 10.1 Å². The lowest BCUT2D eigenvalue weighted by molar-refractivity contribution is 0.110. The zero-order valence-corrected chi connectivity index (χ0v) is 13.0. The molecule has 0 unspecified atom stereocenters. The molecule has 118 valence electrons. The molecule has 23 heavy (non-hydrogen) atoms. The van der Waals surface area contributed by atoms with Gasteiger partial charge >= 0.3 is 0 Å². The first-order valence-corrected chi connectivity index (χ1v) is 7.88. The molecular weight excluding hydrogens is 316 g/mol. The van der Waals surface area contributed by atoms with Gasteiger partial charge in [0.25, 0.3) is 6.01 Å². The van der Waals surface area contributed by atoms with E-state index in [0.717, 1.165) is 18.4 Å². The van der Waals surface area contributed by atoms with E-state index in [-0.39, 0.29) is 11.4 Å². The van der Waals surface area contributed by atoms with E-state index in [9.17, 15) is 0 Å². The van der Waals surface area contributed by atoms with Gasteiger partial charge in [0.15, 0.2) is 17.0 Å². The number of H-pyrrole nitrogens is 1. The maximum atomic E-state index is 6.00. The van der Waals surface area contributed by atoms with Gasteiger partial charge in [0.05, 0.1) is 0 Å². The quantitative estimate of drug-likeness (QED) is 0.699. The lowest BCUT2D eigenvalue weighted by Gasteiger charge is -2.24. The Morgan fingerprint density at radius 3 is 2.78 bits per heavy atom. The third-order valence-corrected chi connectivity index (χ3v) is 4.00. The van der Waals surface area contributed by atoms with Crippen molar-refractivity contribution in [2.45, 2.75) is 31.9 Å². The average Bonchev–Trinajstić information content (AvgIpc) is 2.92. The Balaban J connectivity index is 1.59. The number of aromatic nitrogens is 5. The van der Waals surface area contributed by atoms with Gasteiger partial charge in [0.1, 0.15) is 6.10 Å². The molecule has 0 radical (unpaired) electrons. The van der Waals surface area contributed by atoms with Crippen molar-refractivity contribution in [2.24, 2.45) is 0 Å². The van der Waals surface area contributed by atoms with E-state index in [1.54, 1.807) is 12.4 Å². The molecule has 0 spiro atoms. The van der Waals surface area contributed by atoms with E-state index in [4.69, 9.17) is 16.3 Å². The zero-order chi connectivity index (χ0) is 15.6. The Morgan fingerprint density at radius 1 is 1.22 bits per heavy atom. The van der Waals surface area contributed by atoms with Crippen molar-refractivity contribution in [3.05, 3.63) is 35.4 Å². The van der Waals surface area contributed by atoms with E-state index < -0.39 is 0 Å². The fourth-order valence-corrected chi connectivity index (χ4v) is 2.53. The zero-order valence-electron chi connectivity index (χ0n) is 12.3. The molecular formula is C15H15ClN6O. The molecule has 1 aliphatic carbocycles. The third kappa shape index (κ3) is 3.05. The van der Waals surface area contributed by atoms with Crippen LogP contribution < -0.4 is 10.1 Å². The first-order valence-electron chi connectivity index (χ1n) is 7.50. The molecule has 0 saturated heterocycles. The largest absolute Gasteiger partial charge is 0.461 e. The van der Waals surface area contributed by atoms with Crippen LogP contribution in [0.4, 0.5) is 5.82 Å². The summed E-state index contributed by atoms with van der Waals surface area (Å²) in [5.74, 6) is 0.580. The molecule has 0 atom stereocenters. The Bertz CT molecular complexity index is 817. The smallest absolute Gasteiger partial charge is 0.296 e. The van der Waals surface area contributed by atoms with Crippen LogP contribution in [0.2, 0.25) is 5.28 Å². The highest BCUT2D eigenvalue weighted by Gasteiger charge is 2.21. The monoisotopic (exact) mass is 330 g/mol. The first kappa shape index (κ1) is 14.2. The Morgan fingerprint density at radius 2 is 2.04 bits per heavy atom. The maximum Gasteiger partial charge on any atom is 0.296 e. The summed E-state index contributed by atoms with van der Waals surface area (Å²) in [6.07, 6.45) is 7.08. The molecule has 2 N–H and O–H groups in total. The topological polar surface area (TPSA) is 88.6 Å². The van der Waals surface area contributed by atoms with Gasteiger partial charge in [0.2, 0.25) is 5.28 Å². The second kappa shape index (κ2) is 6.00. The van der Waals surface area contributed by atoms with Crippen molar-refractivity contribution >= 4 is 28.6 Å². The van der Waals surface area contributed by atoms with Gasteiger partial charge in [-0.25, -0.2) is 0 Å². The number of imidazole rings is 1. The van der Waals surface area contributed by atoms with Crippen LogP contribution in [0, 0.1) is 0 Å². The number of pyridine rings is 1. The van der Waals surface area contributed by atoms with Crippen LogP contribution in [-0.2, 0) is 6.54 Å². The average molecular weight is 331 g/mol. The molecule has 4 rings (SSSR count). The summed E-state index contributed by atoms with van der Waals surface area (Å²) in [7, 11) is 0. The minimum absolute atomic E-state index is 0.161. The van der Waals surface area contributed by atoms with Crippen molar-refractivity contribution < 1.29 is 4.74 Å². The second-order valence-electron chi connectivity index (χ2n) is 5.46. The van der Waals surface area contributed by atoms with Crippen molar-refractivity contribution in [1.82, 2.24) is 24.9 Å². The van der Waals surface area contributed by atoms with Gasteiger partial charge in [-0.3, -0.25) is 9.97 Å². The molecule has 0 bridgehead atoms. The second-order valence-corrected chi connectivity index (χ2v) is 5.80. The van der Waals surface area contributed by atoms with Crippen LogP contribution in [0.3, 0.4) is 0 Å². The van der Waals surface area contributed by atoms with Gasteiger partial charge in [-0.05, 0) is 48.6 Å². The summed E-state index contributed by atoms with van der Waals surface area (Å²) in [5.41, 5.74) is 2.28. The molecule has 0 aromatic carbocycles. The highest BCUT2D eigenvalue weighted by molar-refractivity contribution is 6.28. The fourth-order valence-electron chi connectivity index (χ4n) is 2.36. The number of rotatable bonds is 5. The summed E-state index contributed by atoms with van der Waals surface area (Å²) in [5, 5.41) is 3.40. The molecule has 7 nitrogen and oxygen atoms in total. The fraction of sp³-hybridized carbons (Fsp3) is 0.333. The van der Waals surface area contributed by atoms with Crippen LogP contribution in [0.5, 0.6) is 6.01 Å². The van der Waals surface area contributed by atoms with Crippen molar-refractivity contribution in [3.63, 3.8) is 0 Å². The number of hydrogen-bond donors (Lipinski definition) is 2. The van der Waals surface area contributed by atoms with Crippen LogP contribution >= 0.6 is 11.6 Å². The number of fused-ring (bicyclic) bond motifs is 1. The van der Waals surface area contributed by atoms with E-state index >= 15 is 0 Å². The molecule has 0 amide bonds. The number of ether oxygens (including phenoxy) is 1. The summed E-state index contributed by atoms with van der Waals surface area (Å²) in [4.78, 5) is 19.9. The normalized spacial score (nSPS) is 14.7. The highest BCUT2D eigenvalue weighted by Crippen LogP contribution is 2.27. The molecule has 8 heteroatoms. The summed E-state index contributed by atoms with van der Waals surface area (Å²) < 4.78 is 5.78.